The second-order valence-electron chi connectivity index (χ2n) is 14.9. The first-order valence-corrected chi connectivity index (χ1v) is 18.4. The smallest absolute Gasteiger partial charge is 0.0726 e. The number of hydrogen-bond donors (Lipinski definition) is 0. The summed E-state index contributed by atoms with van der Waals surface area (Å²) in [7, 11) is 0. The Bertz CT molecular complexity index is 2780. The van der Waals surface area contributed by atoms with Crippen molar-refractivity contribution in [3.63, 3.8) is 0 Å². The predicted molar refractivity (Wildman–Crippen MR) is 214 cm³/mol. The summed E-state index contributed by atoms with van der Waals surface area (Å²) in [4.78, 5) is 2.59. The first kappa shape index (κ1) is 28.3. The van der Waals surface area contributed by atoms with Gasteiger partial charge in [-0.15, -0.1) is 0 Å². The van der Waals surface area contributed by atoms with Gasteiger partial charge in [-0.3, -0.25) is 0 Å². The minimum atomic E-state index is -0.421. The molecule has 52 heavy (non-hydrogen) atoms. The Hall–Kier alpha value is -6.44. The van der Waals surface area contributed by atoms with Crippen molar-refractivity contribution in [2.45, 2.75) is 17.8 Å². The Morgan fingerprint density at radius 1 is 0.327 bits per heavy atom. The lowest BCUT2D eigenvalue weighted by atomic mass is 9.67. The van der Waals surface area contributed by atoms with Crippen LogP contribution in [-0.2, 0) is 10.8 Å². The minimum Gasteiger partial charge on any atom is -0.309 e. The molecule has 0 amide bonds. The maximum absolute atomic E-state index is 2.59. The van der Waals surface area contributed by atoms with Gasteiger partial charge in [0.25, 0.3) is 0 Å². The van der Waals surface area contributed by atoms with Crippen LogP contribution in [0.1, 0.15) is 45.9 Å². The average molecular weight is 660 g/mol. The van der Waals surface area contributed by atoms with E-state index >= 15 is 0 Å². The van der Waals surface area contributed by atoms with E-state index in [1.54, 1.807) is 0 Å². The monoisotopic (exact) mass is 659 g/mol. The summed E-state index contributed by atoms with van der Waals surface area (Å²) in [6.45, 7) is 2.48. The molecule has 8 aromatic carbocycles. The molecule has 1 heteroatoms. The van der Waals surface area contributed by atoms with Crippen molar-refractivity contribution < 1.29 is 0 Å². The Labute approximate surface area is 304 Å². The third kappa shape index (κ3) is 3.22. The zero-order valence-electron chi connectivity index (χ0n) is 28.8. The van der Waals surface area contributed by atoms with Crippen LogP contribution in [0, 0.1) is 0 Å². The number of fused-ring (bicyclic) bond motifs is 15. The summed E-state index contributed by atoms with van der Waals surface area (Å²) in [5.74, 6) is 0. The molecule has 0 radical (unpaired) electrons. The molecule has 0 N–H and O–H groups in total. The highest BCUT2D eigenvalue weighted by molar-refractivity contribution is 6.03. The zero-order chi connectivity index (χ0) is 34.2. The van der Waals surface area contributed by atoms with Crippen molar-refractivity contribution in [1.82, 2.24) is 0 Å². The van der Waals surface area contributed by atoms with E-state index in [-0.39, 0.29) is 5.41 Å². The lowest BCUT2D eigenvalue weighted by molar-refractivity contribution is 0.700. The second-order valence-corrected chi connectivity index (χ2v) is 14.9. The van der Waals surface area contributed by atoms with E-state index < -0.39 is 5.41 Å². The summed E-state index contributed by atoms with van der Waals surface area (Å²) in [6, 6.07) is 68.5. The Morgan fingerprint density at radius 2 is 0.808 bits per heavy atom. The Kier molecular flexibility index (Phi) is 5.37. The molecule has 0 aromatic heterocycles. The number of hydrogen-bond acceptors (Lipinski definition) is 1. The highest BCUT2D eigenvalue weighted by Crippen LogP contribution is 2.67. The Balaban J connectivity index is 1.25. The first-order valence-electron chi connectivity index (χ1n) is 18.4. The van der Waals surface area contributed by atoms with E-state index in [0.717, 1.165) is 0 Å². The summed E-state index contributed by atoms with van der Waals surface area (Å²) >= 11 is 0. The standard InChI is InChI=1S/C51H33N/c1-50-40-24-10-5-21-36(40)38-23-15-29-47(49(38)50)52(46-28-14-9-18-33(46)32-16-3-2-4-17-32)48-31-44-39(30-45(48)50)37-22-8-13-27-43(37)51(44)41-25-11-6-19-34(41)35-20-7-12-26-42(35)51/h2-31H,1H3. The van der Waals surface area contributed by atoms with Gasteiger partial charge in [-0.1, -0.05) is 158 Å². The van der Waals surface area contributed by atoms with E-state index in [1.165, 1.54) is 101 Å². The van der Waals surface area contributed by atoms with Gasteiger partial charge >= 0.3 is 0 Å². The maximum Gasteiger partial charge on any atom is 0.0726 e. The van der Waals surface area contributed by atoms with Gasteiger partial charge in [0.15, 0.2) is 0 Å². The highest BCUT2D eigenvalue weighted by Gasteiger charge is 2.54. The van der Waals surface area contributed by atoms with Crippen LogP contribution in [0.3, 0.4) is 0 Å². The number of rotatable bonds is 2. The average Bonchev–Trinajstić information content (AvgIpc) is 3.78. The van der Waals surface area contributed by atoms with Crippen LogP contribution >= 0.6 is 0 Å². The third-order valence-corrected chi connectivity index (χ3v) is 12.7. The van der Waals surface area contributed by atoms with Crippen molar-refractivity contribution in [2.75, 3.05) is 4.90 Å². The van der Waals surface area contributed by atoms with Gasteiger partial charge in [0.1, 0.15) is 0 Å². The summed E-state index contributed by atoms with van der Waals surface area (Å²) in [6.07, 6.45) is 0. The number of nitrogens with zero attached hydrogens (tertiary/aromatic N) is 1. The van der Waals surface area contributed by atoms with Crippen molar-refractivity contribution in [3.8, 4) is 44.5 Å². The maximum atomic E-state index is 2.59. The molecule has 4 aliphatic rings. The predicted octanol–water partition coefficient (Wildman–Crippen LogP) is 12.8. The minimum absolute atomic E-state index is 0.332. The SMILES string of the molecule is CC12c3ccccc3-c3cccc(c31)N(c1ccccc1-c1ccccc1)c1cc3c(cc12)-c1ccccc1C31c2ccccc2-c2ccccc21. The van der Waals surface area contributed by atoms with E-state index in [9.17, 15) is 0 Å². The molecular weight excluding hydrogens is 627 g/mol. The van der Waals surface area contributed by atoms with Crippen LogP contribution in [0.2, 0.25) is 0 Å². The van der Waals surface area contributed by atoms with Gasteiger partial charge in [-0.2, -0.15) is 0 Å². The van der Waals surface area contributed by atoms with E-state index in [4.69, 9.17) is 0 Å². The lowest BCUT2D eigenvalue weighted by Gasteiger charge is -2.44. The zero-order valence-corrected chi connectivity index (χ0v) is 28.8. The van der Waals surface area contributed by atoms with E-state index in [1.807, 2.05) is 0 Å². The Morgan fingerprint density at radius 3 is 1.46 bits per heavy atom. The molecule has 0 fully saturated rings. The fraction of sp³-hybridized carbons (Fsp3) is 0.0588. The second kappa shape index (κ2) is 9.87. The van der Waals surface area contributed by atoms with Crippen LogP contribution in [0.4, 0.5) is 17.1 Å². The van der Waals surface area contributed by atoms with Gasteiger partial charge in [-0.05, 0) is 109 Å². The van der Waals surface area contributed by atoms with Crippen LogP contribution < -0.4 is 4.90 Å². The largest absolute Gasteiger partial charge is 0.309 e. The number of benzene rings is 8. The lowest BCUT2D eigenvalue weighted by Crippen LogP contribution is -2.33. The molecule has 12 rings (SSSR count). The molecule has 0 saturated carbocycles. The fourth-order valence-electron chi connectivity index (χ4n) is 10.7. The molecule has 3 aliphatic carbocycles. The van der Waals surface area contributed by atoms with Crippen LogP contribution in [0.5, 0.6) is 0 Å². The number of anilines is 3. The summed E-state index contributed by atoms with van der Waals surface area (Å²) in [5, 5.41) is 0. The first-order chi connectivity index (χ1) is 25.7. The van der Waals surface area contributed by atoms with Gasteiger partial charge in [0.05, 0.1) is 22.5 Å². The molecule has 0 bridgehead atoms. The molecule has 1 spiro atoms. The topological polar surface area (TPSA) is 3.24 Å². The highest BCUT2D eigenvalue weighted by atomic mass is 15.2. The molecule has 1 heterocycles. The van der Waals surface area contributed by atoms with Crippen LogP contribution in [-0.4, -0.2) is 0 Å². The van der Waals surface area contributed by atoms with Gasteiger partial charge in [-0.25, -0.2) is 0 Å². The van der Waals surface area contributed by atoms with Crippen molar-refractivity contribution in [1.29, 1.82) is 0 Å². The van der Waals surface area contributed by atoms with Crippen LogP contribution in [0.15, 0.2) is 182 Å². The number of para-hydroxylation sites is 1. The normalized spacial score (nSPS) is 17.1. The van der Waals surface area contributed by atoms with Crippen molar-refractivity contribution >= 4 is 17.1 Å². The van der Waals surface area contributed by atoms with E-state index in [0.29, 0.717) is 0 Å². The molecule has 1 aliphatic heterocycles. The molecule has 1 nitrogen and oxygen atoms in total. The molecular formula is C51H33N. The van der Waals surface area contributed by atoms with Crippen LogP contribution in [0.25, 0.3) is 44.5 Å². The molecule has 8 aromatic rings. The van der Waals surface area contributed by atoms with Gasteiger partial charge < -0.3 is 4.90 Å². The van der Waals surface area contributed by atoms with Gasteiger partial charge in [0.2, 0.25) is 0 Å². The van der Waals surface area contributed by atoms with Gasteiger partial charge in [0, 0.05) is 11.0 Å². The fourth-order valence-corrected chi connectivity index (χ4v) is 10.7. The molecule has 242 valence electrons. The van der Waals surface area contributed by atoms with Crippen molar-refractivity contribution in [2.24, 2.45) is 0 Å². The van der Waals surface area contributed by atoms with E-state index in [2.05, 4.69) is 194 Å². The third-order valence-electron chi connectivity index (χ3n) is 12.7. The molecule has 1 atom stereocenters. The summed E-state index contributed by atoms with van der Waals surface area (Å²) < 4.78 is 0. The van der Waals surface area contributed by atoms with Crippen molar-refractivity contribution in [3.05, 3.63) is 221 Å². The summed E-state index contributed by atoms with van der Waals surface area (Å²) in [5.41, 5.74) is 23.0. The quantitative estimate of drug-likeness (QED) is 0.179. The molecule has 1 unspecified atom stereocenters. The molecule has 0 saturated heterocycles.